The summed E-state index contributed by atoms with van der Waals surface area (Å²) in [5, 5.41) is 13.7. The molecule has 4 nitrogen and oxygen atoms in total. The van der Waals surface area contributed by atoms with Gasteiger partial charge >= 0.3 is 0 Å². The molecule has 2 aromatic rings. The SMILES string of the molecule is Brc1ccccc1SCc1nn[nH]n1. The second-order valence-electron chi connectivity index (χ2n) is 2.55. The van der Waals surface area contributed by atoms with Crippen LogP contribution in [0, 0.1) is 0 Å². The molecule has 0 amide bonds. The first kappa shape index (κ1) is 9.67. The Morgan fingerprint density at radius 3 is 2.93 bits per heavy atom. The Morgan fingerprint density at radius 1 is 1.36 bits per heavy atom. The summed E-state index contributed by atoms with van der Waals surface area (Å²) < 4.78 is 1.09. The van der Waals surface area contributed by atoms with Crippen molar-refractivity contribution in [2.24, 2.45) is 0 Å². The number of nitrogens with one attached hydrogen (secondary N) is 1. The molecule has 0 aliphatic rings. The van der Waals surface area contributed by atoms with Crippen molar-refractivity contribution in [3.63, 3.8) is 0 Å². The van der Waals surface area contributed by atoms with Gasteiger partial charge in [-0.05, 0) is 28.1 Å². The van der Waals surface area contributed by atoms with Crippen molar-refractivity contribution >= 4 is 27.7 Å². The molecule has 0 radical (unpaired) electrons. The molecular formula is C8H7BrN4S. The van der Waals surface area contributed by atoms with Gasteiger partial charge in [-0.3, -0.25) is 0 Å². The van der Waals surface area contributed by atoms with E-state index >= 15 is 0 Å². The minimum absolute atomic E-state index is 0.714. The van der Waals surface area contributed by atoms with Gasteiger partial charge in [0.2, 0.25) is 0 Å². The van der Waals surface area contributed by atoms with E-state index in [0.29, 0.717) is 5.82 Å². The highest BCUT2D eigenvalue weighted by Gasteiger charge is 2.02. The highest BCUT2D eigenvalue weighted by molar-refractivity contribution is 9.10. The van der Waals surface area contributed by atoms with Gasteiger partial charge in [-0.25, -0.2) is 0 Å². The summed E-state index contributed by atoms with van der Waals surface area (Å²) in [6.45, 7) is 0. The summed E-state index contributed by atoms with van der Waals surface area (Å²) in [5.74, 6) is 1.44. The van der Waals surface area contributed by atoms with Crippen molar-refractivity contribution in [2.45, 2.75) is 10.6 Å². The number of hydrogen-bond acceptors (Lipinski definition) is 4. The minimum atomic E-state index is 0.714. The van der Waals surface area contributed by atoms with E-state index in [0.717, 1.165) is 10.2 Å². The van der Waals surface area contributed by atoms with Gasteiger partial charge in [-0.15, -0.1) is 22.0 Å². The van der Waals surface area contributed by atoms with Crippen LogP contribution in [0.25, 0.3) is 0 Å². The van der Waals surface area contributed by atoms with Crippen molar-refractivity contribution < 1.29 is 0 Å². The minimum Gasteiger partial charge on any atom is -0.177 e. The zero-order valence-corrected chi connectivity index (χ0v) is 9.55. The molecule has 0 aliphatic heterocycles. The molecule has 1 N–H and O–H groups in total. The number of nitrogens with zero attached hydrogens (tertiary/aromatic N) is 3. The fourth-order valence-corrected chi connectivity index (χ4v) is 2.36. The van der Waals surface area contributed by atoms with E-state index in [-0.39, 0.29) is 0 Å². The molecule has 2 rings (SSSR count). The summed E-state index contributed by atoms with van der Waals surface area (Å²) in [6.07, 6.45) is 0. The summed E-state index contributed by atoms with van der Waals surface area (Å²) in [7, 11) is 0. The first-order chi connectivity index (χ1) is 6.86. The third kappa shape index (κ3) is 2.33. The molecule has 0 atom stereocenters. The van der Waals surface area contributed by atoms with Gasteiger partial charge in [0.25, 0.3) is 0 Å². The molecule has 0 bridgehead atoms. The number of H-pyrrole nitrogens is 1. The van der Waals surface area contributed by atoms with Crippen LogP contribution in [0.1, 0.15) is 5.82 Å². The molecule has 0 saturated heterocycles. The second kappa shape index (κ2) is 4.56. The number of tetrazole rings is 1. The monoisotopic (exact) mass is 270 g/mol. The molecule has 0 aliphatic carbocycles. The second-order valence-corrected chi connectivity index (χ2v) is 4.42. The van der Waals surface area contributed by atoms with E-state index in [9.17, 15) is 0 Å². The van der Waals surface area contributed by atoms with Crippen molar-refractivity contribution in [1.29, 1.82) is 0 Å². The van der Waals surface area contributed by atoms with Crippen LogP contribution in [-0.4, -0.2) is 20.6 Å². The summed E-state index contributed by atoms with van der Waals surface area (Å²) in [6, 6.07) is 8.05. The largest absolute Gasteiger partial charge is 0.184 e. The van der Waals surface area contributed by atoms with Crippen molar-refractivity contribution in [2.75, 3.05) is 0 Å². The molecule has 0 fully saturated rings. The lowest BCUT2D eigenvalue weighted by atomic mass is 10.4. The van der Waals surface area contributed by atoms with Gasteiger partial charge in [-0.1, -0.05) is 17.3 Å². The van der Waals surface area contributed by atoms with E-state index in [2.05, 4.69) is 42.6 Å². The average Bonchev–Trinajstić information content (AvgIpc) is 2.69. The van der Waals surface area contributed by atoms with E-state index < -0.39 is 0 Å². The Kier molecular flexibility index (Phi) is 3.15. The van der Waals surface area contributed by atoms with Gasteiger partial charge in [0.05, 0.1) is 5.75 Å². The lowest BCUT2D eigenvalue weighted by Gasteiger charge is -2.00. The zero-order chi connectivity index (χ0) is 9.80. The van der Waals surface area contributed by atoms with Crippen LogP contribution in [0.15, 0.2) is 33.6 Å². The van der Waals surface area contributed by atoms with Gasteiger partial charge in [0, 0.05) is 9.37 Å². The Bertz CT molecular complexity index is 403. The van der Waals surface area contributed by atoms with E-state index in [1.54, 1.807) is 11.8 Å². The zero-order valence-electron chi connectivity index (χ0n) is 7.14. The van der Waals surface area contributed by atoms with Gasteiger partial charge < -0.3 is 0 Å². The van der Waals surface area contributed by atoms with Crippen molar-refractivity contribution in [3.8, 4) is 0 Å². The highest BCUT2D eigenvalue weighted by atomic mass is 79.9. The fourth-order valence-electron chi connectivity index (χ4n) is 0.948. The number of hydrogen-bond donors (Lipinski definition) is 1. The van der Waals surface area contributed by atoms with Crippen LogP contribution in [0.3, 0.4) is 0 Å². The van der Waals surface area contributed by atoms with Crippen molar-refractivity contribution in [3.05, 3.63) is 34.6 Å². The molecule has 0 unspecified atom stereocenters. The molecule has 1 aromatic carbocycles. The lowest BCUT2D eigenvalue weighted by Crippen LogP contribution is -1.84. The van der Waals surface area contributed by atoms with E-state index in [4.69, 9.17) is 0 Å². The molecule has 6 heteroatoms. The molecule has 1 heterocycles. The predicted molar refractivity (Wildman–Crippen MR) is 57.9 cm³/mol. The number of halogens is 1. The van der Waals surface area contributed by atoms with Gasteiger partial charge in [0.1, 0.15) is 0 Å². The maximum absolute atomic E-state index is 3.88. The fraction of sp³-hybridized carbons (Fsp3) is 0.125. The van der Waals surface area contributed by atoms with Gasteiger partial charge in [-0.2, -0.15) is 5.21 Å². The topological polar surface area (TPSA) is 54.5 Å². The Balaban J connectivity index is 2.02. The predicted octanol–water partition coefficient (Wildman–Crippen LogP) is 2.25. The number of aromatic amines is 1. The summed E-state index contributed by atoms with van der Waals surface area (Å²) >= 11 is 5.15. The molecule has 0 saturated carbocycles. The Morgan fingerprint density at radius 2 is 2.21 bits per heavy atom. The summed E-state index contributed by atoms with van der Waals surface area (Å²) in [5.41, 5.74) is 0. The van der Waals surface area contributed by atoms with Crippen LogP contribution in [0.4, 0.5) is 0 Å². The highest BCUT2D eigenvalue weighted by Crippen LogP contribution is 2.28. The molecule has 14 heavy (non-hydrogen) atoms. The van der Waals surface area contributed by atoms with Crippen LogP contribution < -0.4 is 0 Å². The molecule has 0 spiro atoms. The lowest BCUT2D eigenvalue weighted by molar-refractivity contribution is 0.881. The first-order valence-electron chi connectivity index (χ1n) is 3.96. The van der Waals surface area contributed by atoms with Crippen molar-refractivity contribution in [1.82, 2.24) is 20.6 Å². The number of benzene rings is 1. The normalized spacial score (nSPS) is 10.4. The van der Waals surface area contributed by atoms with Crippen LogP contribution >= 0.6 is 27.7 Å². The summed E-state index contributed by atoms with van der Waals surface area (Å²) in [4.78, 5) is 1.18. The number of thioether (sulfide) groups is 1. The third-order valence-corrected chi connectivity index (χ3v) is 3.61. The van der Waals surface area contributed by atoms with E-state index in [1.807, 2.05) is 18.2 Å². The standard InChI is InChI=1S/C8H7BrN4S/c9-6-3-1-2-4-7(6)14-5-8-10-12-13-11-8/h1-4H,5H2,(H,10,11,12,13). The number of rotatable bonds is 3. The maximum atomic E-state index is 3.88. The quantitative estimate of drug-likeness (QED) is 0.870. The average molecular weight is 271 g/mol. The molecule has 72 valence electrons. The smallest absolute Gasteiger partial charge is 0.177 e. The Hall–Kier alpha value is -0.880. The maximum Gasteiger partial charge on any atom is 0.184 e. The molecule has 1 aromatic heterocycles. The third-order valence-electron chi connectivity index (χ3n) is 1.58. The van der Waals surface area contributed by atoms with Crippen LogP contribution in [-0.2, 0) is 5.75 Å². The van der Waals surface area contributed by atoms with Crippen LogP contribution in [0.5, 0.6) is 0 Å². The number of aromatic nitrogens is 4. The van der Waals surface area contributed by atoms with E-state index in [1.165, 1.54) is 4.90 Å². The first-order valence-corrected chi connectivity index (χ1v) is 5.74. The molecular weight excluding hydrogens is 264 g/mol. The van der Waals surface area contributed by atoms with Crippen LogP contribution in [0.2, 0.25) is 0 Å². The van der Waals surface area contributed by atoms with Gasteiger partial charge in [0.15, 0.2) is 5.82 Å². The Labute approximate surface area is 93.6 Å².